The van der Waals surface area contributed by atoms with Gasteiger partial charge in [0.05, 0.1) is 0 Å². The summed E-state index contributed by atoms with van der Waals surface area (Å²) in [5.41, 5.74) is 0. The summed E-state index contributed by atoms with van der Waals surface area (Å²) < 4.78 is 33.0. The summed E-state index contributed by atoms with van der Waals surface area (Å²) in [6, 6.07) is 0. The lowest BCUT2D eigenvalue weighted by Crippen LogP contribution is -1.97. The van der Waals surface area contributed by atoms with Crippen molar-refractivity contribution in [2.24, 2.45) is 0 Å². The highest BCUT2D eigenvalue weighted by molar-refractivity contribution is 8.02. The van der Waals surface area contributed by atoms with Gasteiger partial charge in [0.2, 0.25) is 0 Å². The van der Waals surface area contributed by atoms with E-state index in [9.17, 15) is 8.42 Å². The monoisotopic (exact) mass is 326 g/mol. The van der Waals surface area contributed by atoms with Crippen molar-refractivity contribution in [1.29, 1.82) is 0 Å². The van der Waals surface area contributed by atoms with Gasteiger partial charge in [0.1, 0.15) is 0 Å². The summed E-state index contributed by atoms with van der Waals surface area (Å²) in [7, 11) is -4.28. The predicted molar refractivity (Wildman–Crippen MR) is 86.2 cm³/mol. The Morgan fingerprint density at radius 2 is 1.20 bits per heavy atom. The second-order valence-corrected chi connectivity index (χ2v) is 7.25. The zero-order valence-corrected chi connectivity index (χ0v) is 14.3. The average Bonchev–Trinajstić information content (AvgIpc) is 2.38. The Balaban J connectivity index is 3.03. The van der Waals surface area contributed by atoms with Gasteiger partial charge in [-0.3, -0.25) is 4.55 Å². The first kappa shape index (κ1) is 20.2. The van der Waals surface area contributed by atoms with E-state index in [1.807, 2.05) is 0 Å². The minimum Gasteiger partial charge on any atom is -0.263 e. The molecule has 0 aromatic rings. The molecule has 0 amide bonds. The maximum atomic E-state index is 10.3. The molecule has 0 heterocycles. The standard InChI is InChI=1S/C14H30O4S2/c1-2-3-4-5-6-7-8-9-10-11-12-13-14-19-18-20(15,16)17/h2-14H2,1H3,(H,15,16,17). The Bertz CT molecular complexity index is 292. The Kier molecular flexibility index (Phi) is 14.3. The van der Waals surface area contributed by atoms with E-state index < -0.39 is 10.4 Å². The van der Waals surface area contributed by atoms with Gasteiger partial charge in [-0.2, -0.15) is 12.0 Å². The van der Waals surface area contributed by atoms with Crippen LogP contribution in [0.3, 0.4) is 0 Å². The fourth-order valence-electron chi connectivity index (χ4n) is 2.10. The Labute approximate surface area is 129 Å². The molecule has 0 saturated heterocycles. The van der Waals surface area contributed by atoms with Gasteiger partial charge in [0.25, 0.3) is 0 Å². The van der Waals surface area contributed by atoms with Crippen LogP contribution in [0.15, 0.2) is 0 Å². The smallest absolute Gasteiger partial charge is 0.263 e. The molecule has 0 spiro atoms. The van der Waals surface area contributed by atoms with Gasteiger partial charge in [-0.1, -0.05) is 77.6 Å². The molecule has 122 valence electrons. The van der Waals surface area contributed by atoms with Crippen LogP contribution in [-0.2, 0) is 14.0 Å². The van der Waals surface area contributed by atoms with E-state index in [4.69, 9.17) is 4.55 Å². The normalized spacial score (nSPS) is 11.9. The maximum absolute atomic E-state index is 10.3. The van der Waals surface area contributed by atoms with E-state index >= 15 is 0 Å². The quantitative estimate of drug-likeness (QED) is 0.256. The fourth-order valence-corrected chi connectivity index (χ4v) is 3.18. The molecule has 0 aromatic carbocycles. The van der Waals surface area contributed by atoms with Crippen molar-refractivity contribution >= 4 is 22.4 Å². The van der Waals surface area contributed by atoms with Crippen molar-refractivity contribution in [3.8, 4) is 0 Å². The lowest BCUT2D eigenvalue weighted by Gasteiger charge is -2.02. The summed E-state index contributed by atoms with van der Waals surface area (Å²) in [5.74, 6) is 0.608. The molecule has 0 fully saturated rings. The first-order chi connectivity index (χ1) is 9.56. The molecule has 0 atom stereocenters. The number of hydrogen-bond donors (Lipinski definition) is 1. The van der Waals surface area contributed by atoms with Crippen LogP contribution in [0.1, 0.15) is 84.0 Å². The van der Waals surface area contributed by atoms with Gasteiger partial charge < -0.3 is 0 Å². The second-order valence-electron chi connectivity index (χ2n) is 5.21. The SMILES string of the molecule is CCCCCCCCCCCCCCSOS(=O)(=O)O. The van der Waals surface area contributed by atoms with Crippen LogP contribution in [0, 0.1) is 0 Å². The van der Waals surface area contributed by atoms with Gasteiger partial charge in [-0.05, 0) is 6.42 Å². The molecule has 0 aliphatic heterocycles. The highest BCUT2D eigenvalue weighted by Gasteiger charge is 2.03. The van der Waals surface area contributed by atoms with Gasteiger partial charge in [0.15, 0.2) is 0 Å². The summed E-state index contributed by atoms with van der Waals surface area (Å²) in [6.45, 7) is 2.24. The molecule has 0 aromatic heterocycles. The third-order valence-electron chi connectivity index (χ3n) is 3.22. The van der Waals surface area contributed by atoms with Crippen molar-refractivity contribution < 1.29 is 16.6 Å². The van der Waals surface area contributed by atoms with Crippen LogP contribution < -0.4 is 0 Å². The number of rotatable bonds is 15. The molecule has 0 unspecified atom stereocenters. The lowest BCUT2D eigenvalue weighted by molar-refractivity contribution is 0.407. The van der Waals surface area contributed by atoms with Crippen LogP contribution in [0.5, 0.6) is 0 Å². The highest BCUT2D eigenvalue weighted by Crippen LogP contribution is 2.14. The fraction of sp³-hybridized carbons (Fsp3) is 1.00. The first-order valence-electron chi connectivity index (χ1n) is 7.85. The molecule has 0 radical (unpaired) electrons. The van der Waals surface area contributed by atoms with Gasteiger partial charge in [-0.25, -0.2) is 0 Å². The van der Waals surface area contributed by atoms with E-state index in [2.05, 4.69) is 10.6 Å². The van der Waals surface area contributed by atoms with Crippen LogP contribution in [-0.4, -0.2) is 18.7 Å². The summed E-state index contributed by atoms with van der Waals surface area (Å²) >= 11 is 0.804. The van der Waals surface area contributed by atoms with E-state index in [0.717, 1.165) is 24.9 Å². The van der Waals surface area contributed by atoms with Crippen molar-refractivity contribution in [2.45, 2.75) is 84.0 Å². The minimum absolute atomic E-state index is 0.608. The molecule has 0 aliphatic rings. The molecule has 4 nitrogen and oxygen atoms in total. The van der Waals surface area contributed by atoms with Crippen LogP contribution in [0.2, 0.25) is 0 Å². The summed E-state index contributed by atoms with van der Waals surface area (Å²) in [6.07, 6.45) is 15.3. The third kappa shape index (κ3) is 18.2. The van der Waals surface area contributed by atoms with Crippen molar-refractivity contribution in [3.63, 3.8) is 0 Å². The number of unbranched alkanes of at least 4 members (excludes halogenated alkanes) is 11. The molecule has 0 bridgehead atoms. The molecule has 1 N–H and O–H groups in total. The zero-order chi connectivity index (χ0) is 15.1. The molecule has 20 heavy (non-hydrogen) atoms. The van der Waals surface area contributed by atoms with E-state index in [1.165, 1.54) is 64.2 Å². The minimum atomic E-state index is -4.28. The highest BCUT2D eigenvalue weighted by atomic mass is 32.3. The largest absolute Gasteiger partial charge is 0.408 e. The average molecular weight is 327 g/mol. The van der Waals surface area contributed by atoms with E-state index in [1.54, 1.807) is 0 Å². The topological polar surface area (TPSA) is 63.6 Å². The summed E-state index contributed by atoms with van der Waals surface area (Å²) in [4.78, 5) is 0. The molecule has 6 heteroatoms. The van der Waals surface area contributed by atoms with Gasteiger partial charge >= 0.3 is 10.4 Å². The molecule has 0 rings (SSSR count). The Morgan fingerprint density at radius 1 is 0.800 bits per heavy atom. The molecule has 0 aliphatic carbocycles. The molecular formula is C14H30O4S2. The first-order valence-corrected chi connectivity index (χ1v) is 10.1. The van der Waals surface area contributed by atoms with Crippen LogP contribution >= 0.6 is 12.0 Å². The molecule has 0 saturated carbocycles. The van der Waals surface area contributed by atoms with Crippen LogP contribution in [0.25, 0.3) is 0 Å². The lowest BCUT2D eigenvalue weighted by atomic mass is 10.1. The van der Waals surface area contributed by atoms with E-state index in [-0.39, 0.29) is 0 Å². The second kappa shape index (κ2) is 14.2. The van der Waals surface area contributed by atoms with Gasteiger partial charge in [0, 0.05) is 17.8 Å². The Morgan fingerprint density at radius 3 is 1.60 bits per heavy atom. The van der Waals surface area contributed by atoms with Crippen molar-refractivity contribution in [1.82, 2.24) is 0 Å². The van der Waals surface area contributed by atoms with Crippen LogP contribution in [0.4, 0.5) is 0 Å². The third-order valence-corrected chi connectivity index (χ3v) is 4.74. The van der Waals surface area contributed by atoms with E-state index in [0.29, 0.717) is 5.75 Å². The van der Waals surface area contributed by atoms with Crippen molar-refractivity contribution in [2.75, 3.05) is 5.75 Å². The number of hydrogen-bond acceptors (Lipinski definition) is 4. The summed E-state index contributed by atoms with van der Waals surface area (Å²) in [5, 5.41) is 0. The van der Waals surface area contributed by atoms with Crippen molar-refractivity contribution in [3.05, 3.63) is 0 Å². The zero-order valence-electron chi connectivity index (χ0n) is 12.7. The predicted octanol–water partition coefficient (Wildman–Crippen LogP) is 5.16. The van der Waals surface area contributed by atoms with Gasteiger partial charge in [-0.15, -0.1) is 0 Å². The Hall–Kier alpha value is 0.220. The molecular weight excluding hydrogens is 296 g/mol. The maximum Gasteiger partial charge on any atom is 0.408 e.